The second kappa shape index (κ2) is 6.01. The lowest BCUT2D eigenvalue weighted by Crippen LogP contribution is -2.44. The molecule has 1 atom stereocenters. The molecule has 0 bridgehead atoms. The fourth-order valence-corrected chi connectivity index (χ4v) is 2.63. The fraction of sp³-hybridized carbons (Fsp3) is 0.533. The third kappa shape index (κ3) is 3.10. The van der Waals surface area contributed by atoms with Crippen LogP contribution < -0.4 is 0 Å². The maximum absolute atomic E-state index is 11.8. The Kier molecular flexibility index (Phi) is 4.37. The van der Waals surface area contributed by atoms with E-state index in [2.05, 4.69) is 36.1 Å². The van der Waals surface area contributed by atoms with E-state index in [0.717, 1.165) is 25.9 Å². The van der Waals surface area contributed by atoms with Crippen LogP contribution in [0.1, 0.15) is 30.4 Å². The summed E-state index contributed by atoms with van der Waals surface area (Å²) in [6.07, 6.45) is 3.20. The van der Waals surface area contributed by atoms with E-state index in [1.807, 2.05) is 0 Å². The Labute approximate surface area is 109 Å². The highest BCUT2D eigenvalue weighted by molar-refractivity contribution is 5.75. The van der Waals surface area contributed by atoms with E-state index >= 15 is 0 Å². The largest absolute Gasteiger partial charge is 0.468 e. The third-order valence-corrected chi connectivity index (χ3v) is 3.56. The number of likely N-dealkylation sites (tertiary alicyclic amines) is 1. The molecule has 0 unspecified atom stereocenters. The average Bonchev–Trinajstić information content (AvgIpc) is 2.38. The molecule has 1 fully saturated rings. The molecule has 18 heavy (non-hydrogen) atoms. The number of methoxy groups -OCH3 is 1. The zero-order valence-corrected chi connectivity index (χ0v) is 11.2. The molecule has 0 amide bonds. The van der Waals surface area contributed by atoms with Crippen LogP contribution >= 0.6 is 0 Å². The van der Waals surface area contributed by atoms with Gasteiger partial charge in [0.25, 0.3) is 0 Å². The number of carbonyl (C=O) groups is 1. The lowest BCUT2D eigenvalue weighted by molar-refractivity contribution is -0.148. The minimum absolute atomic E-state index is 0.0655. The van der Waals surface area contributed by atoms with Crippen LogP contribution in [0.4, 0.5) is 0 Å². The zero-order chi connectivity index (χ0) is 13.0. The van der Waals surface area contributed by atoms with Gasteiger partial charge in [-0.1, -0.05) is 36.2 Å². The number of benzene rings is 1. The van der Waals surface area contributed by atoms with Gasteiger partial charge in [0.05, 0.1) is 7.11 Å². The summed E-state index contributed by atoms with van der Waals surface area (Å²) in [6, 6.07) is 8.40. The molecule has 1 aromatic carbocycles. The molecule has 0 saturated carbocycles. The average molecular weight is 247 g/mol. The Bertz CT molecular complexity index is 417. The molecule has 3 nitrogen and oxygen atoms in total. The summed E-state index contributed by atoms with van der Waals surface area (Å²) in [5.41, 5.74) is 2.53. The van der Waals surface area contributed by atoms with Crippen LogP contribution in [0.2, 0.25) is 0 Å². The molecule has 1 heterocycles. The number of hydrogen-bond donors (Lipinski definition) is 0. The number of ether oxygens (including phenoxy) is 1. The fourth-order valence-electron chi connectivity index (χ4n) is 2.63. The van der Waals surface area contributed by atoms with Gasteiger partial charge in [0.2, 0.25) is 0 Å². The van der Waals surface area contributed by atoms with Crippen molar-refractivity contribution in [2.24, 2.45) is 0 Å². The van der Waals surface area contributed by atoms with Crippen molar-refractivity contribution in [1.29, 1.82) is 0 Å². The van der Waals surface area contributed by atoms with E-state index in [0.29, 0.717) is 0 Å². The molecule has 1 saturated heterocycles. The molecule has 3 heteroatoms. The molecule has 0 aliphatic carbocycles. The van der Waals surface area contributed by atoms with Crippen LogP contribution in [-0.4, -0.2) is 30.6 Å². The highest BCUT2D eigenvalue weighted by atomic mass is 16.5. The van der Waals surface area contributed by atoms with Gasteiger partial charge in [0, 0.05) is 6.54 Å². The number of piperidine rings is 1. The lowest BCUT2D eigenvalue weighted by Gasteiger charge is -2.33. The first kappa shape index (κ1) is 13.1. The molecule has 1 aromatic rings. The number of esters is 1. The summed E-state index contributed by atoms with van der Waals surface area (Å²) < 4.78 is 4.90. The molecule has 98 valence electrons. The Morgan fingerprint density at radius 2 is 2.28 bits per heavy atom. The van der Waals surface area contributed by atoms with Crippen molar-refractivity contribution in [1.82, 2.24) is 4.90 Å². The van der Waals surface area contributed by atoms with Crippen molar-refractivity contribution in [3.05, 3.63) is 35.4 Å². The predicted molar refractivity (Wildman–Crippen MR) is 71.2 cm³/mol. The smallest absolute Gasteiger partial charge is 0.323 e. The SMILES string of the molecule is COC(=O)[C@H]1CCCCN1Cc1cccc(C)c1. The van der Waals surface area contributed by atoms with E-state index in [1.165, 1.54) is 24.7 Å². The molecular formula is C15H21NO2. The number of rotatable bonds is 3. The second-order valence-corrected chi connectivity index (χ2v) is 4.99. The van der Waals surface area contributed by atoms with Gasteiger partial charge in [0.1, 0.15) is 6.04 Å². The quantitative estimate of drug-likeness (QED) is 0.769. The standard InChI is InChI=1S/C15H21NO2/c1-12-6-5-7-13(10-12)11-16-9-4-3-8-14(16)15(17)18-2/h5-7,10,14H,3-4,8-9,11H2,1-2H3/t14-/m1/s1. The van der Waals surface area contributed by atoms with E-state index < -0.39 is 0 Å². The van der Waals surface area contributed by atoms with Crippen LogP contribution in [0.3, 0.4) is 0 Å². The van der Waals surface area contributed by atoms with E-state index in [9.17, 15) is 4.79 Å². The number of nitrogens with zero attached hydrogens (tertiary/aromatic N) is 1. The van der Waals surface area contributed by atoms with Gasteiger partial charge in [-0.3, -0.25) is 9.69 Å². The first-order chi connectivity index (χ1) is 8.70. The van der Waals surface area contributed by atoms with E-state index in [1.54, 1.807) is 0 Å². The summed E-state index contributed by atoms with van der Waals surface area (Å²) in [5.74, 6) is -0.0950. The third-order valence-electron chi connectivity index (χ3n) is 3.56. The summed E-state index contributed by atoms with van der Waals surface area (Å²) >= 11 is 0. The van der Waals surface area contributed by atoms with Crippen molar-refractivity contribution >= 4 is 5.97 Å². The maximum Gasteiger partial charge on any atom is 0.323 e. The van der Waals surface area contributed by atoms with Gasteiger partial charge in [-0.05, 0) is 31.9 Å². The van der Waals surface area contributed by atoms with Gasteiger partial charge in [-0.2, -0.15) is 0 Å². The molecule has 1 aliphatic heterocycles. The Morgan fingerprint density at radius 1 is 1.44 bits per heavy atom. The highest BCUT2D eigenvalue weighted by Gasteiger charge is 2.29. The van der Waals surface area contributed by atoms with Crippen LogP contribution in [-0.2, 0) is 16.1 Å². The lowest BCUT2D eigenvalue weighted by atomic mass is 10.0. The van der Waals surface area contributed by atoms with E-state index in [-0.39, 0.29) is 12.0 Å². The van der Waals surface area contributed by atoms with Gasteiger partial charge >= 0.3 is 5.97 Å². The van der Waals surface area contributed by atoms with Crippen molar-refractivity contribution in [2.45, 2.75) is 38.8 Å². The Hall–Kier alpha value is -1.35. The topological polar surface area (TPSA) is 29.5 Å². The van der Waals surface area contributed by atoms with Crippen molar-refractivity contribution in [3.63, 3.8) is 0 Å². The minimum Gasteiger partial charge on any atom is -0.468 e. The summed E-state index contributed by atoms with van der Waals surface area (Å²) in [5, 5.41) is 0. The van der Waals surface area contributed by atoms with Gasteiger partial charge < -0.3 is 4.74 Å². The zero-order valence-electron chi connectivity index (χ0n) is 11.2. The predicted octanol–water partition coefficient (Wildman–Crippen LogP) is 2.52. The van der Waals surface area contributed by atoms with E-state index in [4.69, 9.17) is 4.74 Å². The Morgan fingerprint density at radius 3 is 3.00 bits per heavy atom. The normalized spacial score (nSPS) is 20.7. The monoisotopic (exact) mass is 247 g/mol. The highest BCUT2D eigenvalue weighted by Crippen LogP contribution is 2.20. The summed E-state index contributed by atoms with van der Waals surface area (Å²) in [7, 11) is 1.47. The van der Waals surface area contributed by atoms with Crippen LogP contribution in [0.15, 0.2) is 24.3 Å². The molecule has 0 aromatic heterocycles. The first-order valence-corrected chi connectivity index (χ1v) is 6.58. The Balaban J connectivity index is 2.07. The molecule has 0 radical (unpaired) electrons. The number of aryl methyl sites for hydroxylation is 1. The van der Waals surface area contributed by atoms with Crippen molar-refractivity contribution < 1.29 is 9.53 Å². The van der Waals surface area contributed by atoms with Gasteiger partial charge in [-0.25, -0.2) is 0 Å². The molecule has 2 rings (SSSR count). The van der Waals surface area contributed by atoms with Gasteiger partial charge in [-0.15, -0.1) is 0 Å². The second-order valence-electron chi connectivity index (χ2n) is 4.99. The summed E-state index contributed by atoms with van der Waals surface area (Å²) in [4.78, 5) is 14.0. The summed E-state index contributed by atoms with van der Waals surface area (Å²) in [6.45, 7) is 3.91. The maximum atomic E-state index is 11.8. The number of hydrogen-bond acceptors (Lipinski definition) is 3. The molecule has 0 N–H and O–H groups in total. The van der Waals surface area contributed by atoms with Crippen LogP contribution in [0.5, 0.6) is 0 Å². The molecule has 1 aliphatic rings. The minimum atomic E-state index is -0.0950. The molecular weight excluding hydrogens is 226 g/mol. The van der Waals surface area contributed by atoms with Crippen molar-refractivity contribution in [3.8, 4) is 0 Å². The van der Waals surface area contributed by atoms with Crippen molar-refractivity contribution in [2.75, 3.05) is 13.7 Å². The molecule has 0 spiro atoms. The number of carbonyl (C=O) groups excluding carboxylic acids is 1. The van der Waals surface area contributed by atoms with Crippen LogP contribution in [0, 0.1) is 6.92 Å². The van der Waals surface area contributed by atoms with Crippen LogP contribution in [0.25, 0.3) is 0 Å². The van der Waals surface area contributed by atoms with Gasteiger partial charge in [0.15, 0.2) is 0 Å². The first-order valence-electron chi connectivity index (χ1n) is 6.58.